The first-order valence-corrected chi connectivity index (χ1v) is 8.79. The molecule has 1 rings (SSSR count). The molecule has 14 heavy (non-hydrogen) atoms. The summed E-state index contributed by atoms with van der Waals surface area (Å²) < 4.78 is 5.05. The van der Waals surface area contributed by atoms with Crippen molar-refractivity contribution in [3.63, 3.8) is 0 Å². The lowest BCUT2D eigenvalue weighted by molar-refractivity contribution is 0.636. The molecule has 0 aromatic heterocycles. The van der Waals surface area contributed by atoms with Crippen molar-refractivity contribution in [2.75, 3.05) is 0 Å². The van der Waals surface area contributed by atoms with Crippen molar-refractivity contribution in [2.24, 2.45) is 0 Å². The molecule has 0 heterocycles. The van der Waals surface area contributed by atoms with E-state index in [0.29, 0.717) is 10.0 Å². The van der Waals surface area contributed by atoms with Gasteiger partial charge < -0.3 is 4.52 Å². The van der Waals surface area contributed by atoms with Gasteiger partial charge >= 0.3 is 0 Å². The molecule has 0 unspecified atom stereocenters. The Morgan fingerprint density at radius 2 is 1.50 bits per heavy atom. The molecular formula is C6H2Cl5OPS. The highest BCUT2D eigenvalue weighted by Gasteiger charge is 2.15. The third-order valence-electron chi connectivity index (χ3n) is 1.18. The van der Waals surface area contributed by atoms with E-state index < -0.39 is 4.97 Å². The van der Waals surface area contributed by atoms with Crippen LogP contribution in [0.15, 0.2) is 12.1 Å². The number of rotatable bonds is 2. The van der Waals surface area contributed by atoms with Gasteiger partial charge in [0.15, 0.2) is 0 Å². The second kappa shape index (κ2) is 4.97. The summed E-state index contributed by atoms with van der Waals surface area (Å²) in [5, 5.41) is 0.874. The summed E-state index contributed by atoms with van der Waals surface area (Å²) in [6.45, 7) is 0. The van der Waals surface area contributed by atoms with Crippen LogP contribution in [0.2, 0.25) is 15.1 Å². The maximum Gasteiger partial charge on any atom is 0.289 e. The van der Waals surface area contributed by atoms with E-state index in [1.807, 2.05) is 0 Å². The van der Waals surface area contributed by atoms with Crippen molar-refractivity contribution < 1.29 is 4.52 Å². The molecule has 8 heteroatoms. The first kappa shape index (κ1) is 13.2. The molecule has 0 fully saturated rings. The van der Waals surface area contributed by atoms with E-state index in [0.717, 1.165) is 0 Å². The summed E-state index contributed by atoms with van der Waals surface area (Å²) in [4.78, 5) is -2.86. The summed E-state index contributed by atoms with van der Waals surface area (Å²) in [6.07, 6.45) is 0. The van der Waals surface area contributed by atoms with Gasteiger partial charge in [-0.05, 0) is 40.4 Å². The van der Waals surface area contributed by atoms with Gasteiger partial charge in [-0.3, -0.25) is 0 Å². The maximum atomic E-state index is 5.79. The van der Waals surface area contributed by atoms with Gasteiger partial charge in [-0.25, -0.2) is 0 Å². The largest absolute Gasteiger partial charge is 0.439 e. The first-order valence-electron chi connectivity index (χ1n) is 3.13. The smallest absolute Gasteiger partial charge is 0.289 e. The van der Waals surface area contributed by atoms with E-state index in [1.54, 1.807) is 0 Å². The van der Waals surface area contributed by atoms with Crippen LogP contribution in [0.5, 0.6) is 5.75 Å². The van der Waals surface area contributed by atoms with Gasteiger partial charge in [0.05, 0.1) is 15.1 Å². The van der Waals surface area contributed by atoms with E-state index in [-0.39, 0.29) is 10.8 Å². The van der Waals surface area contributed by atoms with Gasteiger partial charge in [-0.2, -0.15) is 0 Å². The fraction of sp³-hybridized carbons (Fsp3) is 0. The van der Waals surface area contributed by atoms with E-state index in [2.05, 4.69) is 11.8 Å². The number of halogens is 5. The molecule has 1 aromatic rings. The summed E-state index contributed by atoms with van der Waals surface area (Å²) in [5.74, 6) is 0.231. The molecule has 0 aliphatic rings. The molecule has 0 saturated carbocycles. The van der Waals surface area contributed by atoms with Gasteiger partial charge in [-0.1, -0.05) is 34.8 Å². The number of hydrogen-bond acceptors (Lipinski definition) is 2. The lowest BCUT2D eigenvalue weighted by Crippen LogP contribution is -1.83. The second-order valence-corrected chi connectivity index (χ2v) is 10.6. The molecule has 0 bridgehead atoms. The first-order chi connectivity index (χ1) is 6.29. The highest BCUT2D eigenvalue weighted by Crippen LogP contribution is 2.58. The topological polar surface area (TPSA) is 9.23 Å². The average Bonchev–Trinajstić information content (AvgIpc) is 1.97. The summed E-state index contributed by atoms with van der Waals surface area (Å²) in [5.41, 5.74) is 0. The van der Waals surface area contributed by atoms with Gasteiger partial charge in [0.1, 0.15) is 5.75 Å². The van der Waals surface area contributed by atoms with Crippen LogP contribution >= 0.6 is 62.3 Å². The molecule has 0 N–H and O–H groups in total. The Morgan fingerprint density at radius 3 is 2.00 bits per heavy atom. The van der Waals surface area contributed by atoms with Crippen LogP contribution < -0.4 is 4.52 Å². The second-order valence-electron chi connectivity index (χ2n) is 2.20. The van der Waals surface area contributed by atoms with E-state index >= 15 is 0 Å². The molecule has 1 nitrogen and oxygen atoms in total. The molecule has 0 spiro atoms. The van der Waals surface area contributed by atoms with Crippen LogP contribution in [0.1, 0.15) is 0 Å². The van der Waals surface area contributed by atoms with Crippen LogP contribution in [0.4, 0.5) is 0 Å². The summed E-state index contributed by atoms with van der Waals surface area (Å²) in [6, 6.07) is 2.84. The number of benzene rings is 1. The molecule has 0 atom stereocenters. The van der Waals surface area contributed by atoms with Crippen LogP contribution in [0, 0.1) is 0 Å². The highest BCUT2D eigenvalue weighted by molar-refractivity contribution is 8.36. The lowest BCUT2D eigenvalue weighted by atomic mass is 10.3. The van der Waals surface area contributed by atoms with Crippen molar-refractivity contribution in [2.45, 2.75) is 0 Å². The molecule has 0 aliphatic carbocycles. The van der Waals surface area contributed by atoms with E-state index in [4.69, 9.17) is 61.8 Å². The van der Waals surface area contributed by atoms with Crippen molar-refractivity contribution in [3.8, 4) is 5.75 Å². The Labute approximate surface area is 111 Å². The molecular weight excluding hydrogens is 328 g/mol. The van der Waals surface area contributed by atoms with Crippen LogP contribution in [-0.2, 0) is 11.8 Å². The SMILES string of the molecule is S=P(Cl)(Cl)Oc1cc(Cl)c(Cl)cc1Cl. The van der Waals surface area contributed by atoms with Crippen molar-refractivity contribution in [3.05, 3.63) is 27.2 Å². The van der Waals surface area contributed by atoms with Gasteiger partial charge in [0.2, 0.25) is 0 Å². The molecule has 0 radical (unpaired) electrons. The lowest BCUT2D eigenvalue weighted by Gasteiger charge is -2.11. The van der Waals surface area contributed by atoms with Crippen molar-refractivity contribution in [1.29, 1.82) is 0 Å². The summed E-state index contributed by atoms with van der Waals surface area (Å²) >= 11 is 33.1. The Hall–Kier alpha value is 1.12. The van der Waals surface area contributed by atoms with Gasteiger partial charge in [0, 0.05) is 6.07 Å². The predicted molar refractivity (Wildman–Crippen MR) is 68.1 cm³/mol. The zero-order chi connectivity index (χ0) is 10.9. The molecule has 1 aromatic carbocycles. The quantitative estimate of drug-likeness (QED) is 0.506. The monoisotopic (exact) mass is 328 g/mol. The normalized spacial score (nSPS) is 11.5. The van der Waals surface area contributed by atoms with Crippen molar-refractivity contribution in [1.82, 2.24) is 0 Å². The third-order valence-corrected chi connectivity index (χ3v) is 3.24. The minimum atomic E-state index is -2.86. The Balaban J connectivity index is 3.11. The Kier molecular flexibility index (Phi) is 4.68. The predicted octanol–water partition coefficient (Wildman–Crippen LogP) is 5.73. The van der Waals surface area contributed by atoms with Crippen LogP contribution in [0.3, 0.4) is 0 Å². The summed E-state index contributed by atoms with van der Waals surface area (Å²) in [7, 11) is 0. The molecule has 0 aliphatic heterocycles. The zero-order valence-electron chi connectivity index (χ0n) is 6.31. The Morgan fingerprint density at radius 1 is 1.00 bits per heavy atom. The standard InChI is InChI=1S/C6H2Cl5OPS/c7-3-1-5(9)6(2-4(3)8)12-13(10,11)14/h1-2H. The minimum absolute atomic E-state index is 0.231. The maximum absolute atomic E-state index is 5.79. The highest BCUT2D eigenvalue weighted by atomic mass is 35.9. The average molecular weight is 330 g/mol. The van der Waals surface area contributed by atoms with E-state index in [1.165, 1.54) is 12.1 Å². The fourth-order valence-electron chi connectivity index (χ4n) is 0.689. The minimum Gasteiger partial charge on any atom is -0.439 e. The number of hydrogen-bond donors (Lipinski definition) is 0. The van der Waals surface area contributed by atoms with Gasteiger partial charge in [0.25, 0.3) is 4.97 Å². The zero-order valence-corrected chi connectivity index (χ0v) is 11.8. The fourth-order valence-corrected chi connectivity index (χ4v) is 2.38. The van der Waals surface area contributed by atoms with Crippen LogP contribution in [0.25, 0.3) is 0 Å². The molecule has 0 saturated heterocycles. The van der Waals surface area contributed by atoms with Crippen LogP contribution in [-0.4, -0.2) is 0 Å². The van der Waals surface area contributed by atoms with Crippen molar-refractivity contribution >= 4 is 74.1 Å². The van der Waals surface area contributed by atoms with E-state index in [9.17, 15) is 0 Å². The molecule has 78 valence electrons. The Bertz CT molecular complexity index is 403. The van der Waals surface area contributed by atoms with Gasteiger partial charge in [-0.15, -0.1) is 0 Å². The molecule has 0 amide bonds. The third kappa shape index (κ3) is 3.94.